The van der Waals surface area contributed by atoms with Gasteiger partial charge in [0.15, 0.2) is 0 Å². The molecule has 3 nitrogen and oxygen atoms in total. The Hall–Kier alpha value is -0.570. The van der Waals surface area contributed by atoms with Crippen LogP contribution in [0.2, 0.25) is 0 Å². The van der Waals surface area contributed by atoms with Crippen molar-refractivity contribution in [2.24, 2.45) is 11.3 Å². The molecule has 1 unspecified atom stereocenters. The molecule has 0 radical (unpaired) electrons. The first-order valence-corrected chi connectivity index (χ1v) is 8.12. The fraction of sp³-hybridized carbons (Fsp3) is 0.938. The fourth-order valence-corrected chi connectivity index (χ4v) is 2.94. The highest BCUT2D eigenvalue weighted by Crippen LogP contribution is 2.34. The first-order valence-electron chi connectivity index (χ1n) is 8.12. The van der Waals surface area contributed by atoms with E-state index < -0.39 is 0 Å². The molecule has 0 spiro atoms. The molecule has 1 saturated heterocycles. The Bertz CT molecular complexity index is 257. The average molecular weight is 268 g/mol. The van der Waals surface area contributed by atoms with E-state index in [9.17, 15) is 4.79 Å². The summed E-state index contributed by atoms with van der Waals surface area (Å²) >= 11 is 0. The lowest BCUT2D eigenvalue weighted by Crippen LogP contribution is -2.46. The summed E-state index contributed by atoms with van der Waals surface area (Å²) in [6, 6.07) is 0. The fourth-order valence-electron chi connectivity index (χ4n) is 2.94. The minimum absolute atomic E-state index is 0.164. The molecule has 0 saturated carbocycles. The average Bonchev–Trinajstić information content (AvgIpc) is 2.88. The largest absolute Gasteiger partial charge is 0.356 e. The Labute approximate surface area is 118 Å². The Morgan fingerprint density at radius 2 is 1.89 bits per heavy atom. The van der Waals surface area contributed by atoms with Crippen molar-refractivity contribution in [3.05, 3.63) is 0 Å². The third-order valence-corrected chi connectivity index (χ3v) is 4.56. The van der Waals surface area contributed by atoms with Crippen LogP contribution < -0.4 is 10.6 Å². The zero-order valence-electron chi connectivity index (χ0n) is 13.1. The summed E-state index contributed by atoms with van der Waals surface area (Å²) in [5.74, 6) is 0.674. The molecule has 1 fully saturated rings. The molecule has 0 aromatic rings. The quantitative estimate of drug-likeness (QED) is 0.631. The number of nitrogens with one attached hydrogen (secondary N) is 2. The lowest BCUT2D eigenvalue weighted by atomic mass is 9.75. The highest BCUT2D eigenvalue weighted by molar-refractivity contribution is 5.83. The molecule has 0 bridgehead atoms. The minimum atomic E-state index is -0.164. The molecular formula is C16H32N2O. The summed E-state index contributed by atoms with van der Waals surface area (Å²) < 4.78 is 0. The van der Waals surface area contributed by atoms with Crippen molar-refractivity contribution < 1.29 is 4.79 Å². The van der Waals surface area contributed by atoms with Crippen LogP contribution in [-0.2, 0) is 4.79 Å². The zero-order valence-corrected chi connectivity index (χ0v) is 13.1. The van der Waals surface area contributed by atoms with Crippen LogP contribution in [0.1, 0.15) is 65.7 Å². The van der Waals surface area contributed by atoms with Gasteiger partial charge < -0.3 is 10.6 Å². The van der Waals surface area contributed by atoms with E-state index in [2.05, 4.69) is 31.4 Å². The van der Waals surface area contributed by atoms with Crippen molar-refractivity contribution in [3.63, 3.8) is 0 Å². The van der Waals surface area contributed by atoms with Gasteiger partial charge in [0.2, 0.25) is 5.91 Å². The number of unbranched alkanes of at least 4 members (excludes halogenated alkanes) is 5. The lowest BCUT2D eigenvalue weighted by molar-refractivity contribution is -0.132. The van der Waals surface area contributed by atoms with Crippen LogP contribution in [0, 0.1) is 11.3 Å². The van der Waals surface area contributed by atoms with Crippen LogP contribution in [0.4, 0.5) is 0 Å². The zero-order chi connectivity index (χ0) is 14.1. The molecule has 19 heavy (non-hydrogen) atoms. The number of carbonyl (C=O) groups is 1. The Morgan fingerprint density at radius 1 is 1.21 bits per heavy atom. The predicted octanol–water partition coefficient (Wildman–Crippen LogP) is 3.10. The molecule has 1 aliphatic heterocycles. The van der Waals surface area contributed by atoms with E-state index in [1.54, 1.807) is 0 Å². The number of carbonyl (C=O) groups excluding carboxylic acids is 1. The van der Waals surface area contributed by atoms with Gasteiger partial charge in [-0.05, 0) is 25.3 Å². The third kappa shape index (κ3) is 4.79. The lowest BCUT2D eigenvalue weighted by Gasteiger charge is -2.31. The molecule has 1 atom stereocenters. The number of rotatable bonds is 9. The van der Waals surface area contributed by atoms with Gasteiger partial charge in [-0.25, -0.2) is 0 Å². The van der Waals surface area contributed by atoms with E-state index in [4.69, 9.17) is 0 Å². The molecule has 1 aliphatic rings. The van der Waals surface area contributed by atoms with E-state index >= 15 is 0 Å². The Kier molecular flexibility index (Phi) is 7.44. The van der Waals surface area contributed by atoms with Crippen LogP contribution in [0.3, 0.4) is 0 Å². The molecule has 0 aliphatic carbocycles. The molecule has 0 aromatic heterocycles. The summed E-state index contributed by atoms with van der Waals surface area (Å²) in [5.41, 5.74) is -0.164. The smallest absolute Gasteiger partial charge is 0.227 e. The van der Waals surface area contributed by atoms with E-state index in [1.165, 1.54) is 32.1 Å². The summed E-state index contributed by atoms with van der Waals surface area (Å²) in [7, 11) is 0. The van der Waals surface area contributed by atoms with Crippen LogP contribution in [0.15, 0.2) is 0 Å². The molecule has 1 heterocycles. The van der Waals surface area contributed by atoms with Crippen LogP contribution >= 0.6 is 0 Å². The summed E-state index contributed by atoms with van der Waals surface area (Å²) in [5, 5.41) is 6.50. The van der Waals surface area contributed by atoms with Crippen LogP contribution in [-0.4, -0.2) is 25.5 Å². The SMILES string of the molecule is CCCCCCCCNC(=O)C1(C(C)C)CCNC1. The van der Waals surface area contributed by atoms with Gasteiger partial charge in [-0.2, -0.15) is 0 Å². The van der Waals surface area contributed by atoms with E-state index in [0.29, 0.717) is 5.92 Å². The van der Waals surface area contributed by atoms with Crippen molar-refractivity contribution in [2.75, 3.05) is 19.6 Å². The van der Waals surface area contributed by atoms with Crippen molar-refractivity contribution in [1.82, 2.24) is 10.6 Å². The van der Waals surface area contributed by atoms with Gasteiger partial charge in [0.1, 0.15) is 0 Å². The predicted molar refractivity (Wildman–Crippen MR) is 81.1 cm³/mol. The van der Waals surface area contributed by atoms with Crippen LogP contribution in [0.5, 0.6) is 0 Å². The van der Waals surface area contributed by atoms with Gasteiger partial charge in [0, 0.05) is 13.1 Å². The van der Waals surface area contributed by atoms with Gasteiger partial charge in [-0.3, -0.25) is 4.79 Å². The Balaban J connectivity index is 2.19. The van der Waals surface area contributed by atoms with E-state index in [-0.39, 0.29) is 11.3 Å². The number of amides is 1. The summed E-state index contributed by atoms with van der Waals surface area (Å²) in [6.07, 6.45) is 8.62. The molecule has 1 amide bonds. The number of hydrogen-bond donors (Lipinski definition) is 2. The summed E-state index contributed by atoms with van der Waals surface area (Å²) in [6.45, 7) is 9.23. The van der Waals surface area contributed by atoms with Gasteiger partial charge in [0.05, 0.1) is 5.41 Å². The number of hydrogen-bond acceptors (Lipinski definition) is 2. The second kappa shape index (κ2) is 8.57. The molecule has 2 N–H and O–H groups in total. The maximum Gasteiger partial charge on any atom is 0.227 e. The molecule has 1 rings (SSSR count). The molecular weight excluding hydrogens is 236 g/mol. The van der Waals surface area contributed by atoms with Gasteiger partial charge >= 0.3 is 0 Å². The maximum atomic E-state index is 12.4. The standard InChI is InChI=1S/C16H32N2O/c1-4-5-6-7-8-9-11-18-15(19)16(14(2)3)10-12-17-13-16/h14,17H,4-13H2,1-3H3,(H,18,19). The first-order chi connectivity index (χ1) is 9.13. The van der Waals surface area contributed by atoms with Gasteiger partial charge in [-0.1, -0.05) is 52.9 Å². The highest BCUT2D eigenvalue weighted by atomic mass is 16.2. The Morgan fingerprint density at radius 3 is 2.47 bits per heavy atom. The topological polar surface area (TPSA) is 41.1 Å². The van der Waals surface area contributed by atoms with Gasteiger partial charge in [0.25, 0.3) is 0 Å². The van der Waals surface area contributed by atoms with Gasteiger partial charge in [-0.15, -0.1) is 0 Å². The first kappa shape index (κ1) is 16.5. The molecule has 3 heteroatoms. The summed E-state index contributed by atoms with van der Waals surface area (Å²) in [4.78, 5) is 12.4. The van der Waals surface area contributed by atoms with Crippen LogP contribution in [0.25, 0.3) is 0 Å². The van der Waals surface area contributed by atoms with Crippen molar-refractivity contribution >= 4 is 5.91 Å². The second-order valence-corrected chi connectivity index (χ2v) is 6.26. The molecule has 112 valence electrons. The normalized spacial score (nSPS) is 22.9. The van der Waals surface area contributed by atoms with Crippen molar-refractivity contribution in [1.29, 1.82) is 0 Å². The second-order valence-electron chi connectivity index (χ2n) is 6.26. The minimum Gasteiger partial charge on any atom is -0.356 e. The van der Waals surface area contributed by atoms with E-state index in [0.717, 1.165) is 32.5 Å². The third-order valence-electron chi connectivity index (χ3n) is 4.56. The molecule has 0 aromatic carbocycles. The highest BCUT2D eigenvalue weighted by Gasteiger charge is 2.43. The van der Waals surface area contributed by atoms with Crippen molar-refractivity contribution in [3.8, 4) is 0 Å². The van der Waals surface area contributed by atoms with Crippen molar-refractivity contribution in [2.45, 2.75) is 65.7 Å². The monoisotopic (exact) mass is 268 g/mol. The van der Waals surface area contributed by atoms with E-state index in [1.807, 2.05) is 0 Å². The maximum absolute atomic E-state index is 12.4.